The maximum atomic E-state index is 12.6. The predicted octanol–water partition coefficient (Wildman–Crippen LogP) is 2.30. The summed E-state index contributed by atoms with van der Waals surface area (Å²) < 4.78 is 38.1. The normalized spacial score (nSPS) is 11.1. The Labute approximate surface area is 135 Å². The Hall–Kier alpha value is -2.35. The van der Waals surface area contributed by atoms with Gasteiger partial charge in [0.2, 0.25) is 5.88 Å². The number of hydrogen-bond donors (Lipinski definition) is 1. The van der Waals surface area contributed by atoms with E-state index in [0.29, 0.717) is 12.5 Å². The number of methoxy groups -OCH3 is 1. The van der Waals surface area contributed by atoms with Gasteiger partial charge in [-0.05, 0) is 44.0 Å². The minimum Gasteiger partial charge on any atom is -0.495 e. The van der Waals surface area contributed by atoms with Crippen LogP contribution in [0.15, 0.2) is 29.4 Å². The second-order valence-electron chi connectivity index (χ2n) is 4.87. The van der Waals surface area contributed by atoms with Gasteiger partial charge in [-0.3, -0.25) is 4.72 Å². The van der Waals surface area contributed by atoms with Gasteiger partial charge in [0.05, 0.1) is 13.7 Å². The number of benzene rings is 1. The lowest BCUT2D eigenvalue weighted by atomic mass is 10.1. The van der Waals surface area contributed by atoms with Crippen LogP contribution < -0.4 is 14.2 Å². The van der Waals surface area contributed by atoms with Crippen LogP contribution in [0.5, 0.6) is 11.6 Å². The van der Waals surface area contributed by atoms with Crippen molar-refractivity contribution in [2.75, 3.05) is 18.4 Å². The summed E-state index contributed by atoms with van der Waals surface area (Å²) >= 11 is 0. The molecule has 124 valence electrons. The number of rotatable bonds is 6. The van der Waals surface area contributed by atoms with E-state index in [2.05, 4.69) is 14.7 Å². The van der Waals surface area contributed by atoms with Crippen molar-refractivity contribution >= 4 is 15.8 Å². The average Bonchev–Trinajstić information content (AvgIpc) is 2.49. The first-order valence-electron chi connectivity index (χ1n) is 7.00. The molecular formula is C15H19N3O4S. The van der Waals surface area contributed by atoms with Gasteiger partial charge in [0.15, 0.2) is 0 Å². The van der Waals surface area contributed by atoms with Gasteiger partial charge in [0.25, 0.3) is 10.0 Å². The van der Waals surface area contributed by atoms with Crippen LogP contribution in [-0.2, 0) is 10.0 Å². The molecule has 23 heavy (non-hydrogen) atoms. The molecule has 0 aliphatic heterocycles. The van der Waals surface area contributed by atoms with Crippen LogP contribution >= 0.6 is 0 Å². The van der Waals surface area contributed by atoms with Gasteiger partial charge in [0, 0.05) is 6.07 Å². The van der Waals surface area contributed by atoms with Crippen LogP contribution in [-0.4, -0.2) is 32.1 Å². The van der Waals surface area contributed by atoms with Crippen molar-refractivity contribution in [2.45, 2.75) is 25.7 Å². The molecule has 0 aliphatic rings. The second-order valence-corrected chi connectivity index (χ2v) is 6.52. The van der Waals surface area contributed by atoms with E-state index in [9.17, 15) is 8.42 Å². The topological polar surface area (TPSA) is 90.4 Å². The fraction of sp³-hybridized carbons (Fsp3) is 0.333. The number of hydrogen-bond acceptors (Lipinski definition) is 6. The molecule has 1 aromatic heterocycles. The van der Waals surface area contributed by atoms with Crippen molar-refractivity contribution in [2.24, 2.45) is 0 Å². The number of sulfonamides is 1. The van der Waals surface area contributed by atoms with E-state index >= 15 is 0 Å². The van der Waals surface area contributed by atoms with E-state index in [1.54, 1.807) is 12.1 Å². The molecule has 0 spiro atoms. The Bertz CT molecular complexity index is 806. The summed E-state index contributed by atoms with van der Waals surface area (Å²) in [4.78, 5) is 7.86. The highest BCUT2D eigenvalue weighted by atomic mass is 32.2. The van der Waals surface area contributed by atoms with E-state index in [1.807, 2.05) is 20.8 Å². The van der Waals surface area contributed by atoms with E-state index in [-0.39, 0.29) is 16.5 Å². The number of ether oxygens (including phenoxy) is 2. The monoisotopic (exact) mass is 337 g/mol. The van der Waals surface area contributed by atoms with Crippen molar-refractivity contribution in [1.29, 1.82) is 0 Å². The molecule has 0 unspecified atom stereocenters. The van der Waals surface area contributed by atoms with Crippen LogP contribution in [0.4, 0.5) is 5.82 Å². The molecule has 2 aromatic rings. The molecule has 1 aromatic carbocycles. The predicted molar refractivity (Wildman–Crippen MR) is 86.5 cm³/mol. The third-order valence-corrected chi connectivity index (χ3v) is 4.62. The number of aryl methyl sites for hydroxylation is 2. The summed E-state index contributed by atoms with van der Waals surface area (Å²) in [6, 6.07) is 4.69. The molecule has 0 amide bonds. The summed E-state index contributed by atoms with van der Waals surface area (Å²) in [6.45, 7) is 5.96. The van der Waals surface area contributed by atoms with Crippen LogP contribution in [0.2, 0.25) is 0 Å². The zero-order valence-corrected chi connectivity index (χ0v) is 14.3. The second kappa shape index (κ2) is 6.82. The maximum absolute atomic E-state index is 12.6. The largest absolute Gasteiger partial charge is 0.495 e. The van der Waals surface area contributed by atoms with Crippen molar-refractivity contribution in [3.05, 3.63) is 35.7 Å². The third kappa shape index (κ3) is 3.89. The van der Waals surface area contributed by atoms with Gasteiger partial charge < -0.3 is 9.47 Å². The Morgan fingerprint density at radius 3 is 2.48 bits per heavy atom. The molecular weight excluding hydrogens is 318 g/mol. The lowest BCUT2D eigenvalue weighted by Gasteiger charge is -2.13. The van der Waals surface area contributed by atoms with Gasteiger partial charge in [-0.2, -0.15) is 0 Å². The minimum atomic E-state index is -3.85. The van der Waals surface area contributed by atoms with Crippen molar-refractivity contribution in [1.82, 2.24) is 9.97 Å². The Kier molecular flexibility index (Phi) is 5.05. The SMILES string of the molecule is CCOc1cc(NS(=O)(=O)c2cc(C)c(C)cc2OC)ncn1. The number of anilines is 1. The van der Waals surface area contributed by atoms with Crippen LogP contribution in [0, 0.1) is 13.8 Å². The Morgan fingerprint density at radius 2 is 1.83 bits per heavy atom. The number of aromatic nitrogens is 2. The summed E-state index contributed by atoms with van der Waals surface area (Å²) in [7, 11) is -2.42. The fourth-order valence-corrected chi connectivity index (χ4v) is 3.18. The lowest BCUT2D eigenvalue weighted by Crippen LogP contribution is -2.15. The minimum absolute atomic E-state index is 0.0553. The summed E-state index contributed by atoms with van der Waals surface area (Å²) in [5, 5.41) is 0. The molecule has 8 heteroatoms. The van der Waals surface area contributed by atoms with E-state index < -0.39 is 10.0 Å². The molecule has 0 bridgehead atoms. The molecule has 0 saturated carbocycles. The van der Waals surface area contributed by atoms with Gasteiger partial charge in [0.1, 0.15) is 22.8 Å². The number of nitrogens with zero attached hydrogens (tertiary/aromatic N) is 2. The standard InChI is InChI=1S/C15H19N3O4S/c1-5-22-15-8-14(16-9-17-15)18-23(19,20)13-7-11(3)10(2)6-12(13)21-4/h6-9H,5H2,1-4H3,(H,16,17,18). The third-order valence-electron chi connectivity index (χ3n) is 3.24. The van der Waals surface area contributed by atoms with Crippen molar-refractivity contribution in [3.8, 4) is 11.6 Å². The van der Waals surface area contributed by atoms with Gasteiger partial charge in [-0.25, -0.2) is 18.4 Å². The highest BCUT2D eigenvalue weighted by Gasteiger charge is 2.21. The molecule has 0 radical (unpaired) electrons. The van der Waals surface area contributed by atoms with Gasteiger partial charge >= 0.3 is 0 Å². The average molecular weight is 337 g/mol. The number of nitrogens with one attached hydrogen (secondary N) is 1. The first-order valence-corrected chi connectivity index (χ1v) is 8.48. The van der Waals surface area contributed by atoms with Gasteiger partial charge in [-0.15, -0.1) is 0 Å². The van der Waals surface area contributed by atoms with Crippen LogP contribution in [0.3, 0.4) is 0 Å². The summed E-state index contributed by atoms with van der Waals surface area (Å²) in [6.07, 6.45) is 1.24. The lowest BCUT2D eigenvalue weighted by molar-refractivity contribution is 0.326. The Balaban J connectivity index is 2.39. The maximum Gasteiger partial charge on any atom is 0.266 e. The summed E-state index contributed by atoms with van der Waals surface area (Å²) in [5.41, 5.74) is 1.80. The zero-order chi connectivity index (χ0) is 17.0. The van der Waals surface area contributed by atoms with E-state index in [4.69, 9.17) is 9.47 Å². The first kappa shape index (κ1) is 17.0. The van der Waals surface area contributed by atoms with Crippen molar-refractivity contribution < 1.29 is 17.9 Å². The van der Waals surface area contributed by atoms with Crippen LogP contribution in [0.25, 0.3) is 0 Å². The molecule has 7 nitrogen and oxygen atoms in total. The van der Waals surface area contributed by atoms with Gasteiger partial charge in [-0.1, -0.05) is 0 Å². The highest BCUT2D eigenvalue weighted by Crippen LogP contribution is 2.28. The molecule has 0 atom stereocenters. The zero-order valence-electron chi connectivity index (χ0n) is 13.5. The van der Waals surface area contributed by atoms with E-state index in [1.165, 1.54) is 19.5 Å². The molecule has 1 heterocycles. The quantitative estimate of drug-likeness (QED) is 0.870. The highest BCUT2D eigenvalue weighted by molar-refractivity contribution is 7.92. The fourth-order valence-electron chi connectivity index (χ4n) is 1.95. The molecule has 0 fully saturated rings. The summed E-state index contributed by atoms with van der Waals surface area (Å²) in [5.74, 6) is 0.704. The molecule has 0 aliphatic carbocycles. The smallest absolute Gasteiger partial charge is 0.266 e. The molecule has 2 rings (SSSR count). The Morgan fingerprint density at radius 1 is 1.13 bits per heavy atom. The first-order chi connectivity index (χ1) is 10.9. The van der Waals surface area contributed by atoms with Crippen LogP contribution in [0.1, 0.15) is 18.1 Å². The molecule has 1 N–H and O–H groups in total. The van der Waals surface area contributed by atoms with E-state index in [0.717, 1.165) is 11.1 Å². The van der Waals surface area contributed by atoms with Crippen molar-refractivity contribution in [3.63, 3.8) is 0 Å². The molecule has 0 saturated heterocycles.